The molecule has 1 N–H and O–H groups in total. The quantitative estimate of drug-likeness (QED) is 0.869. The number of carbonyl (C=O) groups is 1. The lowest BCUT2D eigenvalue weighted by atomic mass is 9.99. The van der Waals surface area contributed by atoms with Crippen LogP contribution in [0.5, 0.6) is 5.88 Å². The molecule has 24 heavy (non-hydrogen) atoms. The Bertz CT molecular complexity index is 669. The number of rotatable bonds is 6. The van der Waals surface area contributed by atoms with Gasteiger partial charge >= 0.3 is 0 Å². The first-order chi connectivity index (χ1) is 11.8. The fourth-order valence-corrected chi connectivity index (χ4v) is 3.28. The first kappa shape index (κ1) is 16.4. The van der Waals surface area contributed by atoms with Gasteiger partial charge in [0.15, 0.2) is 0 Å². The minimum Gasteiger partial charge on any atom is -0.474 e. The van der Waals surface area contributed by atoms with Crippen molar-refractivity contribution in [2.45, 2.75) is 45.1 Å². The van der Waals surface area contributed by atoms with Crippen LogP contribution in [0.15, 0.2) is 42.9 Å². The number of amides is 1. The minimum atomic E-state index is -0.217. The molecule has 0 aromatic carbocycles. The molecular formula is C19H23N3O2. The highest BCUT2D eigenvalue weighted by Crippen LogP contribution is 2.32. The summed E-state index contributed by atoms with van der Waals surface area (Å²) >= 11 is 0. The zero-order chi connectivity index (χ0) is 16.8. The van der Waals surface area contributed by atoms with Crippen LogP contribution in [-0.2, 0) is 0 Å². The van der Waals surface area contributed by atoms with Gasteiger partial charge in [-0.3, -0.25) is 9.78 Å². The third-order valence-corrected chi connectivity index (χ3v) is 4.54. The van der Waals surface area contributed by atoms with E-state index in [9.17, 15) is 4.79 Å². The molecular weight excluding hydrogens is 302 g/mol. The Balaban J connectivity index is 1.75. The van der Waals surface area contributed by atoms with Gasteiger partial charge in [0.25, 0.3) is 5.91 Å². The Morgan fingerprint density at radius 1 is 1.25 bits per heavy atom. The number of anilines is 1. The Hall–Kier alpha value is -2.43. The van der Waals surface area contributed by atoms with Gasteiger partial charge in [0.1, 0.15) is 11.7 Å². The maximum Gasteiger partial charge on any atom is 0.261 e. The summed E-state index contributed by atoms with van der Waals surface area (Å²) in [5.41, 5.74) is 1.17. The van der Waals surface area contributed by atoms with Crippen LogP contribution in [0, 0.1) is 5.92 Å². The summed E-state index contributed by atoms with van der Waals surface area (Å²) in [4.78, 5) is 20.8. The van der Waals surface area contributed by atoms with Gasteiger partial charge in [0, 0.05) is 24.3 Å². The Morgan fingerprint density at radius 2 is 2.00 bits per heavy atom. The van der Waals surface area contributed by atoms with Crippen molar-refractivity contribution in [3.05, 3.63) is 48.4 Å². The van der Waals surface area contributed by atoms with Crippen LogP contribution >= 0.6 is 0 Å². The molecule has 1 saturated carbocycles. The number of carbonyl (C=O) groups excluding carboxylic acids is 1. The second-order valence-electron chi connectivity index (χ2n) is 6.16. The average molecular weight is 325 g/mol. The van der Waals surface area contributed by atoms with E-state index in [0.717, 1.165) is 6.42 Å². The maximum atomic E-state index is 12.6. The van der Waals surface area contributed by atoms with Crippen LogP contribution in [-0.4, -0.2) is 22.0 Å². The number of aromatic nitrogens is 2. The fourth-order valence-electron chi connectivity index (χ4n) is 3.28. The Morgan fingerprint density at radius 3 is 2.71 bits per heavy atom. The fraction of sp³-hybridized carbons (Fsp3) is 0.421. The summed E-state index contributed by atoms with van der Waals surface area (Å²) in [6, 6.07) is 7.01. The van der Waals surface area contributed by atoms with Gasteiger partial charge in [-0.1, -0.05) is 19.8 Å². The van der Waals surface area contributed by atoms with E-state index in [1.165, 1.54) is 25.7 Å². The van der Waals surface area contributed by atoms with Gasteiger partial charge in [-0.25, -0.2) is 4.98 Å². The van der Waals surface area contributed by atoms with Crippen molar-refractivity contribution >= 4 is 11.6 Å². The van der Waals surface area contributed by atoms with E-state index >= 15 is 0 Å². The third-order valence-electron chi connectivity index (χ3n) is 4.54. The number of nitrogens with zero attached hydrogens (tertiary/aromatic N) is 2. The van der Waals surface area contributed by atoms with Crippen LogP contribution in [0.4, 0.5) is 5.69 Å². The first-order valence-corrected chi connectivity index (χ1v) is 8.61. The van der Waals surface area contributed by atoms with Crippen molar-refractivity contribution in [1.82, 2.24) is 9.97 Å². The predicted octanol–water partition coefficient (Wildman–Crippen LogP) is 4.08. The molecule has 0 aliphatic heterocycles. The highest BCUT2D eigenvalue weighted by atomic mass is 16.5. The smallest absolute Gasteiger partial charge is 0.261 e. The lowest BCUT2D eigenvalue weighted by Crippen LogP contribution is -2.26. The van der Waals surface area contributed by atoms with Gasteiger partial charge in [0.2, 0.25) is 5.88 Å². The van der Waals surface area contributed by atoms with E-state index in [4.69, 9.17) is 4.74 Å². The van der Waals surface area contributed by atoms with E-state index in [-0.39, 0.29) is 12.0 Å². The second-order valence-corrected chi connectivity index (χ2v) is 6.16. The van der Waals surface area contributed by atoms with Crippen LogP contribution in [0.2, 0.25) is 0 Å². The molecule has 0 saturated heterocycles. The highest BCUT2D eigenvalue weighted by Gasteiger charge is 2.27. The Kier molecular flexibility index (Phi) is 5.41. The van der Waals surface area contributed by atoms with Gasteiger partial charge in [0.05, 0.1) is 0 Å². The number of ether oxygens (including phenoxy) is 1. The largest absolute Gasteiger partial charge is 0.474 e. The lowest BCUT2D eigenvalue weighted by molar-refractivity contribution is 0.0994. The molecule has 1 aliphatic carbocycles. The van der Waals surface area contributed by atoms with Crippen LogP contribution in [0.3, 0.4) is 0 Å². The number of hydrogen-bond donors (Lipinski definition) is 1. The van der Waals surface area contributed by atoms with Crippen LogP contribution < -0.4 is 10.1 Å². The van der Waals surface area contributed by atoms with E-state index in [2.05, 4.69) is 22.2 Å². The van der Waals surface area contributed by atoms with Crippen LogP contribution in [0.1, 0.15) is 49.4 Å². The molecule has 1 unspecified atom stereocenters. The van der Waals surface area contributed by atoms with Crippen molar-refractivity contribution in [1.29, 1.82) is 0 Å². The van der Waals surface area contributed by atoms with Gasteiger partial charge in [-0.05, 0) is 49.4 Å². The lowest BCUT2D eigenvalue weighted by Gasteiger charge is -2.23. The molecule has 0 bridgehead atoms. The maximum absolute atomic E-state index is 12.6. The van der Waals surface area contributed by atoms with E-state index in [1.54, 1.807) is 42.9 Å². The molecule has 1 fully saturated rings. The number of pyridine rings is 2. The molecule has 1 aliphatic rings. The number of hydrogen-bond acceptors (Lipinski definition) is 4. The number of nitrogens with one attached hydrogen (secondary N) is 1. The molecule has 3 rings (SSSR count). The predicted molar refractivity (Wildman–Crippen MR) is 93.1 cm³/mol. The molecule has 0 spiro atoms. The molecule has 1 atom stereocenters. The summed E-state index contributed by atoms with van der Waals surface area (Å²) in [5, 5.41) is 2.86. The minimum absolute atomic E-state index is 0.120. The summed E-state index contributed by atoms with van der Waals surface area (Å²) in [6.07, 6.45) is 10.9. The zero-order valence-corrected chi connectivity index (χ0v) is 13.9. The first-order valence-electron chi connectivity index (χ1n) is 8.61. The van der Waals surface area contributed by atoms with Gasteiger partial charge in [-0.15, -0.1) is 0 Å². The second kappa shape index (κ2) is 7.90. The van der Waals surface area contributed by atoms with Crippen molar-refractivity contribution in [2.24, 2.45) is 5.92 Å². The normalized spacial score (nSPS) is 15.9. The van der Waals surface area contributed by atoms with Crippen molar-refractivity contribution in [3.63, 3.8) is 0 Å². The van der Waals surface area contributed by atoms with E-state index < -0.39 is 0 Å². The highest BCUT2D eigenvalue weighted by molar-refractivity contribution is 6.05. The van der Waals surface area contributed by atoms with E-state index in [0.29, 0.717) is 23.0 Å². The van der Waals surface area contributed by atoms with Crippen molar-refractivity contribution in [2.75, 3.05) is 5.32 Å². The average Bonchev–Trinajstić information content (AvgIpc) is 3.15. The Labute approximate surface area is 142 Å². The summed E-state index contributed by atoms with van der Waals surface area (Å²) in [7, 11) is 0. The molecule has 2 aromatic rings. The zero-order valence-electron chi connectivity index (χ0n) is 13.9. The van der Waals surface area contributed by atoms with Gasteiger partial charge < -0.3 is 10.1 Å². The third kappa shape index (κ3) is 3.91. The molecule has 0 radical (unpaired) electrons. The topological polar surface area (TPSA) is 64.1 Å². The van der Waals surface area contributed by atoms with Gasteiger partial charge in [-0.2, -0.15) is 0 Å². The SMILES string of the molecule is CCC(Oc1ncccc1C(=O)Nc1ccncc1)C1CCCC1. The monoisotopic (exact) mass is 325 g/mol. The molecule has 5 nitrogen and oxygen atoms in total. The van der Waals surface area contributed by atoms with Crippen molar-refractivity contribution in [3.8, 4) is 5.88 Å². The summed E-state index contributed by atoms with van der Waals surface area (Å²) in [5.74, 6) is 0.765. The molecule has 2 aromatic heterocycles. The van der Waals surface area contributed by atoms with Crippen LogP contribution in [0.25, 0.3) is 0 Å². The molecule has 2 heterocycles. The standard InChI is InChI=1S/C19H23N3O2/c1-2-17(14-6-3-4-7-14)24-19-16(8-5-11-21-19)18(23)22-15-9-12-20-13-10-15/h5,8-14,17H,2-4,6-7H2,1H3,(H,20,22,23). The molecule has 1 amide bonds. The molecule has 126 valence electrons. The molecule has 5 heteroatoms. The van der Waals surface area contributed by atoms with Crippen molar-refractivity contribution < 1.29 is 9.53 Å². The summed E-state index contributed by atoms with van der Waals surface area (Å²) in [6.45, 7) is 2.13. The summed E-state index contributed by atoms with van der Waals surface area (Å²) < 4.78 is 6.15. The van der Waals surface area contributed by atoms with E-state index in [1.807, 2.05) is 0 Å².